The van der Waals surface area contributed by atoms with E-state index in [2.05, 4.69) is 43.2 Å². The summed E-state index contributed by atoms with van der Waals surface area (Å²) in [5.41, 5.74) is 2.12. The molecule has 0 aromatic carbocycles. The summed E-state index contributed by atoms with van der Waals surface area (Å²) in [5.74, 6) is 0.759. The molecule has 0 spiro atoms. The normalized spacial score (nSPS) is 11.2. The van der Waals surface area contributed by atoms with Crippen LogP contribution in [0.1, 0.15) is 51.4 Å². The maximum absolute atomic E-state index is 5.67. The molecule has 1 N–H and O–H groups in total. The third kappa shape index (κ3) is 7.96. The van der Waals surface area contributed by atoms with Crippen LogP contribution in [0.15, 0.2) is 18.2 Å². The number of nitrogens with one attached hydrogen (secondary N) is 1. The van der Waals surface area contributed by atoms with E-state index >= 15 is 0 Å². The molecule has 0 fully saturated rings. The van der Waals surface area contributed by atoms with E-state index in [1.54, 1.807) is 0 Å². The van der Waals surface area contributed by atoms with Gasteiger partial charge in [0.15, 0.2) is 0 Å². The first-order valence-corrected chi connectivity index (χ1v) is 7.45. The maximum atomic E-state index is 5.67. The molecule has 1 aromatic heterocycles. The summed E-state index contributed by atoms with van der Waals surface area (Å²) in [5, 5.41) is 3.36. The Bertz CT molecular complexity index is 339. The van der Waals surface area contributed by atoms with E-state index in [4.69, 9.17) is 4.74 Å². The zero-order valence-corrected chi connectivity index (χ0v) is 12.6. The van der Waals surface area contributed by atoms with Crippen molar-refractivity contribution in [3.8, 4) is 0 Å². The van der Waals surface area contributed by atoms with Gasteiger partial charge in [-0.1, -0.05) is 26.8 Å². The van der Waals surface area contributed by atoms with Gasteiger partial charge in [0.05, 0.1) is 18.0 Å². The highest BCUT2D eigenvalue weighted by atomic mass is 16.5. The van der Waals surface area contributed by atoms with Crippen LogP contribution in [0.5, 0.6) is 0 Å². The van der Waals surface area contributed by atoms with Crippen LogP contribution in [-0.4, -0.2) is 18.1 Å². The Balaban J connectivity index is 2.23. The van der Waals surface area contributed by atoms with Gasteiger partial charge in [-0.25, -0.2) is 0 Å². The third-order valence-electron chi connectivity index (χ3n) is 2.92. The highest BCUT2D eigenvalue weighted by Gasteiger charge is 1.99. The van der Waals surface area contributed by atoms with Gasteiger partial charge in [-0.05, 0) is 43.9 Å². The van der Waals surface area contributed by atoms with Crippen molar-refractivity contribution in [3.63, 3.8) is 0 Å². The van der Waals surface area contributed by atoms with Crippen LogP contribution < -0.4 is 5.32 Å². The number of pyridine rings is 1. The van der Waals surface area contributed by atoms with Crippen molar-refractivity contribution < 1.29 is 4.74 Å². The van der Waals surface area contributed by atoms with Crippen LogP contribution in [0.4, 0.5) is 0 Å². The predicted molar refractivity (Wildman–Crippen MR) is 80.0 cm³/mol. The molecule has 19 heavy (non-hydrogen) atoms. The Labute approximate surface area is 117 Å². The lowest BCUT2D eigenvalue weighted by Gasteiger charge is -2.07. The molecule has 3 nitrogen and oxygen atoms in total. The topological polar surface area (TPSA) is 34.1 Å². The predicted octanol–water partition coefficient (Wildman–Crippen LogP) is 3.53. The van der Waals surface area contributed by atoms with Crippen LogP contribution in [-0.2, 0) is 17.9 Å². The van der Waals surface area contributed by atoms with E-state index in [9.17, 15) is 0 Å². The van der Waals surface area contributed by atoms with E-state index in [0.29, 0.717) is 6.61 Å². The fourth-order valence-electron chi connectivity index (χ4n) is 1.87. The Morgan fingerprint density at radius 1 is 1.26 bits per heavy atom. The number of aromatic nitrogens is 1. The van der Waals surface area contributed by atoms with E-state index < -0.39 is 0 Å². The summed E-state index contributed by atoms with van der Waals surface area (Å²) in [6.45, 7) is 10.00. The minimum absolute atomic E-state index is 0.625. The minimum Gasteiger partial charge on any atom is -0.375 e. The first-order chi connectivity index (χ1) is 9.22. The number of nitrogens with zero attached hydrogens (tertiary/aromatic N) is 1. The van der Waals surface area contributed by atoms with Gasteiger partial charge >= 0.3 is 0 Å². The van der Waals surface area contributed by atoms with Crippen LogP contribution >= 0.6 is 0 Å². The first-order valence-electron chi connectivity index (χ1n) is 7.45. The molecule has 0 unspecified atom stereocenters. The highest BCUT2D eigenvalue weighted by Crippen LogP contribution is 2.05. The summed E-state index contributed by atoms with van der Waals surface area (Å²) < 4.78 is 5.67. The van der Waals surface area contributed by atoms with E-state index in [-0.39, 0.29) is 0 Å². The second-order valence-corrected chi connectivity index (χ2v) is 5.39. The molecule has 0 radical (unpaired) electrons. The molecular weight excluding hydrogens is 236 g/mol. The van der Waals surface area contributed by atoms with Crippen molar-refractivity contribution in [1.82, 2.24) is 10.3 Å². The number of hydrogen-bond donors (Lipinski definition) is 1. The Morgan fingerprint density at radius 2 is 2.05 bits per heavy atom. The second kappa shape index (κ2) is 9.93. The molecule has 1 heterocycles. The number of hydrogen-bond acceptors (Lipinski definition) is 3. The standard InChI is InChI=1S/C16H28N2O/c1-4-10-17-12-15-8-5-9-16(18-15)13-19-11-6-7-14(2)3/h5,8-9,14,17H,4,6-7,10-13H2,1-3H3. The lowest BCUT2D eigenvalue weighted by atomic mass is 10.1. The Morgan fingerprint density at radius 3 is 2.79 bits per heavy atom. The molecule has 0 saturated heterocycles. The zero-order chi connectivity index (χ0) is 13.9. The summed E-state index contributed by atoms with van der Waals surface area (Å²) in [7, 11) is 0. The molecule has 0 amide bonds. The molecule has 108 valence electrons. The van der Waals surface area contributed by atoms with Gasteiger partial charge in [-0.15, -0.1) is 0 Å². The molecule has 1 aromatic rings. The highest BCUT2D eigenvalue weighted by molar-refractivity contribution is 5.10. The summed E-state index contributed by atoms with van der Waals surface area (Å²) >= 11 is 0. The Kier molecular flexibility index (Phi) is 8.43. The van der Waals surface area contributed by atoms with Gasteiger partial charge in [0, 0.05) is 13.2 Å². The average Bonchev–Trinajstić information content (AvgIpc) is 2.39. The number of ether oxygens (including phenoxy) is 1. The van der Waals surface area contributed by atoms with Crippen molar-refractivity contribution >= 4 is 0 Å². The molecular formula is C16H28N2O. The van der Waals surface area contributed by atoms with Crippen molar-refractivity contribution in [1.29, 1.82) is 0 Å². The minimum atomic E-state index is 0.625. The van der Waals surface area contributed by atoms with Gasteiger partial charge in [-0.2, -0.15) is 0 Å². The van der Waals surface area contributed by atoms with Crippen molar-refractivity contribution in [3.05, 3.63) is 29.6 Å². The molecule has 0 bridgehead atoms. The fourth-order valence-corrected chi connectivity index (χ4v) is 1.87. The van der Waals surface area contributed by atoms with Gasteiger partial charge in [0.25, 0.3) is 0 Å². The molecule has 0 atom stereocenters. The van der Waals surface area contributed by atoms with Gasteiger partial charge < -0.3 is 10.1 Å². The molecule has 3 heteroatoms. The average molecular weight is 264 g/mol. The van der Waals surface area contributed by atoms with Crippen molar-refractivity contribution in [2.45, 2.75) is 53.2 Å². The van der Waals surface area contributed by atoms with Crippen LogP contribution in [0.3, 0.4) is 0 Å². The van der Waals surface area contributed by atoms with Crippen LogP contribution in [0.2, 0.25) is 0 Å². The quantitative estimate of drug-likeness (QED) is 0.656. The SMILES string of the molecule is CCCNCc1cccc(COCCCC(C)C)n1. The molecule has 0 aliphatic carbocycles. The van der Waals surface area contributed by atoms with Crippen molar-refractivity contribution in [2.75, 3.05) is 13.2 Å². The molecule has 0 aliphatic rings. The zero-order valence-electron chi connectivity index (χ0n) is 12.6. The smallest absolute Gasteiger partial charge is 0.0887 e. The largest absolute Gasteiger partial charge is 0.375 e. The maximum Gasteiger partial charge on any atom is 0.0887 e. The Hall–Kier alpha value is -0.930. The van der Waals surface area contributed by atoms with Crippen LogP contribution in [0, 0.1) is 5.92 Å². The van der Waals surface area contributed by atoms with Crippen molar-refractivity contribution in [2.24, 2.45) is 5.92 Å². The lowest BCUT2D eigenvalue weighted by molar-refractivity contribution is 0.112. The fraction of sp³-hybridized carbons (Fsp3) is 0.688. The van der Waals surface area contributed by atoms with Crippen LogP contribution in [0.25, 0.3) is 0 Å². The third-order valence-corrected chi connectivity index (χ3v) is 2.92. The van der Waals surface area contributed by atoms with Gasteiger partial charge in [0.2, 0.25) is 0 Å². The van der Waals surface area contributed by atoms with Gasteiger partial charge in [-0.3, -0.25) is 4.98 Å². The lowest BCUT2D eigenvalue weighted by Crippen LogP contribution is -2.15. The number of rotatable bonds is 10. The molecule has 0 saturated carbocycles. The molecule has 0 aliphatic heterocycles. The van der Waals surface area contributed by atoms with Gasteiger partial charge in [0.1, 0.15) is 0 Å². The summed E-state index contributed by atoms with van der Waals surface area (Å²) in [6.07, 6.45) is 3.52. The van der Waals surface area contributed by atoms with E-state index in [0.717, 1.165) is 49.8 Å². The first kappa shape index (κ1) is 16.1. The summed E-state index contributed by atoms with van der Waals surface area (Å²) in [6, 6.07) is 6.15. The second-order valence-electron chi connectivity index (χ2n) is 5.39. The monoisotopic (exact) mass is 264 g/mol. The van der Waals surface area contributed by atoms with E-state index in [1.165, 1.54) is 6.42 Å². The molecule has 1 rings (SSSR count). The van der Waals surface area contributed by atoms with E-state index in [1.807, 2.05) is 6.07 Å². The summed E-state index contributed by atoms with van der Waals surface area (Å²) in [4.78, 5) is 4.59.